The molecule has 2 aliphatic rings. The zero-order chi connectivity index (χ0) is 23.5. The number of nitrogens with one attached hydrogen (secondary N) is 2. The van der Waals surface area contributed by atoms with Gasteiger partial charge in [-0.15, -0.1) is 0 Å². The van der Waals surface area contributed by atoms with Gasteiger partial charge in [-0.3, -0.25) is 9.59 Å². The topological polar surface area (TPSA) is 74.3 Å². The number of amides is 1. The molecule has 0 radical (unpaired) electrons. The van der Waals surface area contributed by atoms with Crippen molar-refractivity contribution in [2.75, 3.05) is 23.3 Å². The van der Waals surface area contributed by atoms with Crippen molar-refractivity contribution in [2.24, 2.45) is 5.92 Å². The van der Waals surface area contributed by atoms with E-state index in [-0.39, 0.29) is 17.6 Å². The molecule has 2 aromatic rings. The summed E-state index contributed by atoms with van der Waals surface area (Å²) in [4.78, 5) is 33.2. The second-order valence-corrected chi connectivity index (χ2v) is 8.86. The van der Waals surface area contributed by atoms with Crippen LogP contribution < -0.4 is 15.5 Å². The molecule has 0 saturated heterocycles. The summed E-state index contributed by atoms with van der Waals surface area (Å²) in [6.45, 7) is 10.1. The van der Waals surface area contributed by atoms with Crippen LogP contribution in [0.4, 0.5) is 11.5 Å². The summed E-state index contributed by atoms with van der Waals surface area (Å²) >= 11 is 0. The summed E-state index contributed by atoms with van der Waals surface area (Å²) in [6.07, 6.45) is 2.95. The number of hydrogen-bond donors (Lipinski definition) is 2. The summed E-state index contributed by atoms with van der Waals surface area (Å²) < 4.78 is 0. The van der Waals surface area contributed by atoms with Crippen LogP contribution in [0.25, 0.3) is 0 Å². The third kappa shape index (κ3) is 4.56. The Morgan fingerprint density at radius 3 is 2.48 bits per heavy atom. The van der Waals surface area contributed by atoms with E-state index in [1.54, 1.807) is 12.3 Å². The second-order valence-electron chi connectivity index (χ2n) is 8.86. The minimum absolute atomic E-state index is 0.115. The average molecular weight is 445 g/mol. The predicted molar refractivity (Wildman–Crippen MR) is 132 cm³/mol. The highest BCUT2D eigenvalue weighted by Gasteiger charge is 2.39. The molecule has 2 N–H and O–H groups in total. The normalized spacial score (nSPS) is 20.3. The van der Waals surface area contributed by atoms with E-state index in [9.17, 15) is 9.59 Å². The van der Waals surface area contributed by atoms with Gasteiger partial charge in [0.15, 0.2) is 5.78 Å². The Kier molecular flexibility index (Phi) is 6.63. The van der Waals surface area contributed by atoms with Crippen LogP contribution in [-0.4, -0.2) is 29.8 Å². The predicted octanol–water partition coefficient (Wildman–Crippen LogP) is 4.78. The highest BCUT2D eigenvalue weighted by molar-refractivity contribution is 6.09. The van der Waals surface area contributed by atoms with Crippen molar-refractivity contribution < 1.29 is 9.59 Å². The Labute approximate surface area is 195 Å². The van der Waals surface area contributed by atoms with Crippen molar-refractivity contribution in [2.45, 2.75) is 46.5 Å². The van der Waals surface area contributed by atoms with E-state index in [0.717, 1.165) is 47.7 Å². The van der Waals surface area contributed by atoms with E-state index >= 15 is 0 Å². The average Bonchev–Trinajstić information content (AvgIpc) is 2.80. The van der Waals surface area contributed by atoms with Crippen LogP contribution in [0.5, 0.6) is 0 Å². The number of anilines is 2. The fourth-order valence-corrected chi connectivity index (χ4v) is 4.95. The molecule has 0 fully saturated rings. The number of aromatic nitrogens is 1. The molecule has 0 spiro atoms. The highest BCUT2D eigenvalue weighted by Crippen LogP contribution is 2.43. The van der Waals surface area contributed by atoms with Gasteiger partial charge >= 0.3 is 0 Å². The quantitative estimate of drug-likeness (QED) is 0.671. The molecular weight excluding hydrogens is 412 g/mol. The lowest BCUT2D eigenvalue weighted by Crippen LogP contribution is -2.37. The number of rotatable bonds is 6. The Bertz CT molecular complexity index is 1100. The SMILES string of the molecule is CCN(CC)c1ccc([C@H]2C(C(=O)Nc3ccccn3)=C(C)NC3=C2C(=O)C[C@@H](C)C3)cc1. The van der Waals surface area contributed by atoms with E-state index in [0.29, 0.717) is 17.8 Å². The van der Waals surface area contributed by atoms with Crippen LogP contribution in [-0.2, 0) is 9.59 Å². The first kappa shape index (κ1) is 22.8. The molecule has 6 heteroatoms. The van der Waals surface area contributed by atoms with Crippen LogP contribution in [0.3, 0.4) is 0 Å². The summed E-state index contributed by atoms with van der Waals surface area (Å²) in [5, 5.41) is 6.31. The number of carbonyl (C=O) groups excluding carboxylic acids is 2. The fraction of sp³-hybridized carbons (Fsp3) is 0.370. The van der Waals surface area contributed by atoms with Gasteiger partial charge in [0.2, 0.25) is 0 Å². The molecule has 2 heterocycles. The summed E-state index contributed by atoms with van der Waals surface area (Å²) in [5.41, 5.74) is 5.10. The number of dihydropyridines is 1. The first-order valence-electron chi connectivity index (χ1n) is 11.7. The fourth-order valence-electron chi connectivity index (χ4n) is 4.95. The molecule has 4 rings (SSSR count). The number of Topliss-reactive ketones (excluding diaryl/α,β-unsaturated/α-hetero) is 1. The second kappa shape index (κ2) is 9.61. The third-order valence-electron chi connectivity index (χ3n) is 6.54. The maximum atomic E-state index is 13.5. The number of nitrogens with zero attached hydrogens (tertiary/aromatic N) is 2. The van der Waals surface area contributed by atoms with Crippen molar-refractivity contribution in [3.8, 4) is 0 Å². The van der Waals surface area contributed by atoms with Gasteiger partial charge in [-0.05, 0) is 62.9 Å². The number of ketones is 1. The molecule has 0 bridgehead atoms. The lowest BCUT2D eigenvalue weighted by Gasteiger charge is -2.36. The Hall–Kier alpha value is -3.41. The zero-order valence-corrected chi connectivity index (χ0v) is 19.8. The van der Waals surface area contributed by atoms with Gasteiger partial charge in [0.05, 0.1) is 0 Å². The van der Waals surface area contributed by atoms with Gasteiger partial charge in [-0.1, -0.05) is 25.1 Å². The van der Waals surface area contributed by atoms with Crippen LogP contribution in [0.1, 0.15) is 52.0 Å². The molecule has 172 valence electrons. The van der Waals surface area contributed by atoms with Crippen molar-refractivity contribution in [1.29, 1.82) is 0 Å². The van der Waals surface area contributed by atoms with Crippen molar-refractivity contribution in [3.63, 3.8) is 0 Å². The molecule has 6 nitrogen and oxygen atoms in total. The highest BCUT2D eigenvalue weighted by atomic mass is 16.2. The van der Waals surface area contributed by atoms with Crippen molar-refractivity contribution >= 4 is 23.2 Å². The number of allylic oxidation sites excluding steroid dienone is 3. The Morgan fingerprint density at radius 1 is 1.12 bits per heavy atom. The van der Waals surface area contributed by atoms with Crippen LogP contribution in [0.2, 0.25) is 0 Å². The molecule has 0 saturated carbocycles. The minimum Gasteiger partial charge on any atom is -0.372 e. The minimum atomic E-state index is -0.407. The van der Waals surface area contributed by atoms with E-state index in [2.05, 4.69) is 65.6 Å². The number of benzene rings is 1. The molecule has 2 atom stereocenters. The maximum Gasteiger partial charge on any atom is 0.255 e. The molecular formula is C27H32N4O2. The molecule has 33 heavy (non-hydrogen) atoms. The summed E-state index contributed by atoms with van der Waals surface area (Å²) in [7, 11) is 0. The van der Waals surface area contributed by atoms with Crippen LogP contribution >= 0.6 is 0 Å². The molecule has 1 aliphatic carbocycles. The lowest BCUT2D eigenvalue weighted by molar-refractivity contribution is -0.117. The van der Waals surface area contributed by atoms with E-state index in [1.807, 2.05) is 19.1 Å². The van der Waals surface area contributed by atoms with Crippen LogP contribution in [0.15, 0.2) is 71.2 Å². The van der Waals surface area contributed by atoms with Crippen molar-refractivity contribution in [3.05, 3.63) is 76.8 Å². The molecule has 1 aromatic heterocycles. The summed E-state index contributed by atoms with van der Waals surface area (Å²) in [6, 6.07) is 13.7. The number of carbonyl (C=O) groups is 2. The standard InChI is InChI=1S/C27H32N4O2/c1-5-31(6-2)20-12-10-19(11-13-20)25-24(27(33)30-23-9-7-8-14-28-23)18(4)29-21-15-17(3)16-22(32)26(21)25/h7-14,17,25,29H,5-6,15-16H2,1-4H3,(H,28,30,33)/t17-,25-/m0/s1. The largest absolute Gasteiger partial charge is 0.372 e. The lowest BCUT2D eigenvalue weighted by atomic mass is 9.73. The van der Waals surface area contributed by atoms with E-state index in [4.69, 9.17) is 0 Å². The third-order valence-corrected chi connectivity index (χ3v) is 6.54. The first-order chi connectivity index (χ1) is 15.9. The van der Waals surface area contributed by atoms with Gasteiger partial charge < -0.3 is 15.5 Å². The van der Waals surface area contributed by atoms with Gasteiger partial charge in [-0.2, -0.15) is 0 Å². The number of hydrogen-bond acceptors (Lipinski definition) is 5. The van der Waals surface area contributed by atoms with E-state index < -0.39 is 5.92 Å². The monoisotopic (exact) mass is 444 g/mol. The number of pyridine rings is 1. The summed E-state index contributed by atoms with van der Waals surface area (Å²) in [5.74, 6) is 0.239. The molecule has 1 aliphatic heterocycles. The van der Waals surface area contributed by atoms with Crippen molar-refractivity contribution in [1.82, 2.24) is 10.3 Å². The van der Waals surface area contributed by atoms with E-state index in [1.165, 1.54) is 0 Å². The zero-order valence-electron chi connectivity index (χ0n) is 19.8. The molecule has 0 unspecified atom stereocenters. The van der Waals surface area contributed by atoms with Gasteiger partial charge in [0.1, 0.15) is 5.82 Å². The molecule has 1 amide bonds. The maximum absolute atomic E-state index is 13.5. The van der Waals surface area contributed by atoms with Gasteiger partial charge in [0.25, 0.3) is 5.91 Å². The van der Waals surface area contributed by atoms with Gasteiger partial charge in [-0.25, -0.2) is 4.98 Å². The Balaban J connectivity index is 1.77. The first-order valence-corrected chi connectivity index (χ1v) is 11.7. The van der Waals surface area contributed by atoms with Crippen LogP contribution in [0, 0.1) is 5.92 Å². The van der Waals surface area contributed by atoms with Gasteiger partial charge in [0, 0.05) is 59.9 Å². The molecule has 1 aromatic carbocycles. The Morgan fingerprint density at radius 2 is 1.85 bits per heavy atom. The smallest absolute Gasteiger partial charge is 0.255 e.